The number of nitrogens with zero attached hydrogens (tertiary/aromatic N) is 2. The lowest BCUT2D eigenvalue weighted by Crippen LogP contribution is -2.53. The van der Waals surface area contributed by atoms with Crippen molar-refractivity contribution in [3.05, 3.63) is 53.6 Å². The van der Waals surface area contributed by atoms with Gasteiger partial charge in [-0.2, -0.15) is 0 Å². The molecule has 33 heavy (non-hydrogen) atoms. The second-order valence-corrected chi connectivity index (χ2v) is 9.84. The second-order valence-electron chi connectivity index (χ2n) is 7.81. The average molecular weight is 477 g/mol. The number of ether oxygens (including phenoxy) is 1. The molecule has 2 aromatic carbocycles. The Labute approximate surface area is 193 Å². The monoisotopic (exact) mass is 476 g/mol. The van der Waals surface area contributed by atoms with E-state index in [0.29, 0.717) is 37.5 Å². The number of anilines is 1. The lowest BCUT2D eigenvalue weighted by molar-refractivity contribution is -0.131. The Hall–Kier alpha value is -3.15. The summed E-state index contributed by atoms with van der Waals surface area (Å²) in [5.41, 5.74) is 2.26. The first-order chi connectivity index (χ1) is 15.7. The molecule has 0 spiro atoms. The van der Waals surface area contributed by atoms with E-state index in [1.54, 1.807) is 24.5 Å². The van der Waals surface area contributed by atoms with Crippen molar-refractivity contribution in [1.29, 1.82) is 0 Å². The Morgan fingerprint density at radius 3 is 2.27 bits per heavy atom. The molecule has 1 aliphatic rings. The minimum Gasteiger partial charge on any atom is -0.497 e. The van der Waals surface area contributed by atoms with Crippen molar-refractivity contribution in [2.45, 2.75) is 17.2 Å². The fourth-order valence-electron chi connectivity index (χ4n) is 3.61. The maximum Gasteiger partial charge on any atom is 0.276 e. The number of carbonyl (C=O) groups excluding carboxylic acids is 2. The summed E-state index contributed by atoms with van der Waals surface area (Å²) in [5, 5.41) is 10.3. The van der Waals surface area contributed by atoms with Crippen LogP contribution >= 0.6 is 0 Å². The first-order valence-electron chi connectivity index (χ1n) is 10.3. The zero-order valence-electron chi connectivity index (χ0n) is 18.7. The van der Waals surface area contributed by atoms with Crippen LogP contribution in [0.2, 0.25) is 0 Å². The van der Waals surface area contributed by atoms with Gasteiger partial charge in [-0.05, 0) is 49.9 Å². The Morgan fingerprint density at radius 1 is 1.06 bits per heavy atom. The summed E-state index contributed by atoms with van der Waals surface area (Å²) < 4.78 is 32.4. The van der Waals surface area contributed by atoms with E-state index in [0.717, 1.165) is 0 Å². The molecule has 1 aliphatic heterocycles. The van der Waals surface area contributed by atoms with E-state index >= 15 is 0 Å². The van der Waals surface area contributed by atoms with Gasteiger partial charge in [-0.1, -0.05) is 12.1 Å². The summed E-state index contributed by atoms with van der Waals surface area (Å²) in [6.07, 6.45) is 0. The molecule has 3 N–H and O–H groups in total. The van der Waals surface area contributed by atoms with Gasteiger partial charge in [0.2, 0.25) is 15.2 Å². The standard InChI is InChI=1S/C22H28N4O6S/c1-15-5-4-6-18(20(27)24-29)19(15)23-21(22(28)26-13-11-25(2)12-14-26)33(30,31)17-9-7-16(32-3)8-10-17/h4-10,21,23,29H,11-14H2,1-3H3,(H,24,27). The highest BCUT2D eigenvalue weighted by atomic mass is 32.2. The van der Waals surface area contributed by atoms with E-state index in [9.17, 15) is 18.0 Å². The summed E-state index contributed by atoms with van der Waals surface area (Å²) in [4.78, 5) is 29.2. The lowest BCUT2D eigenvalue weighted by Gasteiger charge is -2.35. The Kier molecular flexibility index (Phi) is 7.57. The van der Waals surface area contributed by atoms with Crippen molar-refractivity contribution < 1.29 is 28.0 Å². The van der Waals surface area contributed by atoms with Crippen LogP contribution in [0.25, 0.3) is 0 Å². The van der Waals surface area contributed by atoms with Gasteiger partial charge < -0.3 is 19.9 Å². The third-order valence-corrected chi connectivity index (χ3v) is 7.50. The summed E-state index contributed by atoms with van der Waals surface area (Å²) in [5.74, 6) is -0.962. The van der Waals surface area contributed by atoms with Crippen LogP contribution in [-0.4, -0.2) is 80.9 Å². The molecule has 0 aromatic heterocycles. The maximum absolute atomic E-state index is 13.6. The molecule has 0 saturated carbocycles. The van der Waals surface area contributed by atoms with E-state index in [1.807, 2.05) is 7.05 Å². The predicted molar refractivity (Wildman–Crippen MR) is 122 cm³/mol. The van der Waals surface area contributed by atoms with Gasteiger partial charge in [-0.25, -0.2) is 13.9 Å². The van der Waals surface area contributed by atoms with Crippen LogP contribution in [0.4, 0.5) is 5.69 Å². The summed E-state index contributed by atoms with van der Waals surface area (Å²) in [6, 6.07) is 10.5. The molecule has 2 amide bonds. The molecule has 1 unspecified atom stereocenters. The molecule has 11 heteroatoms. The van der Waals surface area contributed by atoms with Gasteiger partial charge in [-0.3, -0.25) is 14.8 Å². The number of nitrogens with one attached hydrogen (secondary N) is 2. The smallest absolute Gasteiger partial charge is 0.276 e. The van der Waals surface area contributed by atoms with Crippen molar-refractivity contribution >= 4 is 27.3 Å². The zero-order valence-corrected chi connectivity index (χ0v) is 19.6. The van der Waals surface area contributed by atoms with E-state index in [4.69, 9.17) is 9.94 Å². The average Bonchev–Trinajstić information content (AvgIpc) is 2.82. The molecule has 3 rings (SSSR count). The van der Waals surface area contributed by atoms with Crippen LogP contribution in [0.3, 0.4) is 0 Å². The molecule has 0 aliphatic carbocycles. The molecule has 2 aromatic rings. The van der Waals surface area contributed by atoms with Crippen LogP contribution in [0.5, 0.6) is 5.75 Å². The maximum atomic E-state index is 13.6. The summed E-state index contributed by atoms with van der Waals surface area (Å²) >= 11 is 0. The minimum absolute atomic E-state index is 0.0126. The molecule has 178 valence electrons. The molecule has 1 atom stereocenters. The fraction of sp³-hybridized carbons (Fsp3) is 0.364. The van der Waals surface area contributed by atoms with Crippen LogP contribution in [0, 0.1) is 6.92 Å². The molecule has 1 heterocycles. The van der Waals surface area contributed by atoms with Gasteiger partial charge in [0.1, 0.15) is 5.75 Å². The van der Waals surface area contributed by atoms with Crippen LogP contribution in [0.1, 0.15) is 15.9 Å². The number of likely N-dealkylation sites (N-methyl/N-ethyl adjacent to an activating group) is 1. The lowest BCUT2D eigenvalue weighted by atomic mass is 10.1. The van der Waals surface area contributed by atoms with Crippen molar-refractivity contribution in [2.75, 3.05) is 45.7 Å². The Morgan fingerprint density at radius 2 is 1.70 bits per heavy atom. The van der Waals surface area contributed by atoms with Crippen molar-refractivity contribution in [3.8, 4) is 5.75 Å². The van der Waals surface area contributed by atoms with Crippen molar-refractivity contribution in [1.82, 2.24) is 15.3 Å². The van der Waals surface area contributed by atoms with Gasteiger partial charge in [0, 0.05) is 26.2 Å². The number of aryl methyl sites for hydroxylation is 1. The molecule has 0 radical (unpaired) electrons. The molecule has 1 fully saturated rings. The number of piperazine rings is 1. The quantitative estimate of drug-likeness (QED) is 0.401. The molecular formula is C22H28N4O6S. The number of sulfone groups is 1. The number of hydroxylamine groups is 1. The third-order valence-electron chi connectivity index (χ3n) is 5.63. The highest BCUT2D eigenvalue weighted by Gasteiger charge is 2.38. The van der Waals surface area contributed by atoms with E-state index < -0.39 is 27.0 Å². The second kappa shape index (κ2) is 10.2. The number of hydrogen-bond acceptors (Lipinski definition) is 8. The number of hydrogen-bond donors (Lipinski definition) is 3. The van der Waals surface area contributed by atoms with Crippen molar-refractivity contribution in [2.24, 2.45) is 0 Å². The topological polar surface area (TPSA) is 128 Å². The molecular weight excluding hydrogens is 448 g/mol. The zero-order chi connectivity index (χ0) is 24.2. The summed E-state index contributed by atoms with van der Waals surface area (Å²) in [7, 11) is -0.820. The predicted octanol–water partition coefficient (Wildman–Crippen LogP) is 1.11. The van der Waals surface area contributed by atoms with Crippen molar-refractivity contribution in [3.63, 3.8) is 0 Å². The Balaban J connectivity index is 2.06. The molecule has 0 bridgehead atoms. The fourth-order valence-corrected chi connectivity index (χ4v) is 5.08. The summed E-state index contributed by atoms with van der Waals surface area (Å²) in [6.45, 7) is 3.66. The highest BCUT2D eigenvalue weighted by molar-refractivity contribution is 7.93. The van der Waals surface area contributed by atoms with Gasteiger partial charge in [-0.15, -0.1) is 0 Å². The van der Waals surface area contributed by atoms with E-state index in [-0.39, 0.29) is 16.1 Å². The number of rotatable bonds is 7. The van der Waals surface area contributed by atoms with Gasteiger partial charge >= 0.3 is 0 Å². The number of methoxy groups -OCH3 is 1. The molecule has 1 saturated heterocycles. The normalized spacial score (nSPS) is 15.6. The first-order valence-corrected chi connectivity index (χ1v) is 11.9. The number of carbonyl (C=O) groups is 2. The van der Waals surface area contributed by atoms with Crippen LogP contribution in [-0.2, 0) is 14.6 Å². The highest BCUT2D eigenvalue weighted by Crippen LogP contribution is 2.27. The minimum atomic E-state index is -4.22. The first kappa shape index (κ1) is 24.5. The SMILES string of the molecule is COc1ccc(S(=O)(=O)C(Nc2c(C)cccc2C(=O)NO)C(=O)N2CCN(C)CC2)cc1. The Bertz CT molecular complexity index is 1110. The number of benzene rings is 2. The van der Waals surface area contributed by atoms with E-state index in [2.05, 4.69) is 10.2 Å². The van der Waals surface area contributed by atoms with Gasteiger partial charge in [0.15, 0.2) is 0 Å². The molecule has 10 nitrogen and oxygen atoms in total. The van der Waals surface area contributed by atoms with Crippen LogP contribution in [0.15, 0.2) is 47.4 Å². The van der Waals surface area contributed by atoms with Gasteiger partial charge in [0.05, 0.1) is 23.3 Å². The van der Waals surface area contributed by atoms with E-state index in [1.165, 1.54) is 42.3 Å². The third kappa shape index (κ3) is 5.27. The number of para-hydroxylation sites is 1. The van der Waals surface area contributed by atoms with Gasteiger partial charge in [0.25, 0.3) is 11.8 Å². The largest absolute Gasteiger partial charge is 0.497 e. The van der Waals surface area contributed by atoms with Crippen LogP contribution < -0.4 is 15.5 Å². The number of amides is 2.